The van der Waals surface area contributed by atoms with Crippen molar-refractivity contribution in [1.82, 2.24) is 0 Å². The molecular weight excluding hydrogens is 340 g/mol. The second-order valence-corrected chi connectivity index (χ2v) is 6.80. The standard InChI is InChI=1S/C23H36O4/c1-4-5-6-7-8-9-10-11-12-13-18-27-23(24)17-15-20-14-16-21(25-2)22(19-20)26-3/h14-17,19H,4-13,18H2,1-3H3/b17-15+. The number of carbonyl (C=O) groups excluding carboxylic acids is 1. The molecular formula is C23H36O4. The quantitative estimate of drug-likeness (QED) is 0.208. The summed E-state index contributed by atoms with van der Waals surface area (Å²) in [6.07, 6.45) is 15.9. The maximum Gasteiger partial charge on any atom is 0.330 e. The molecule has 0 saturated heterocycles. The zero-order valence-electron chi connectivity index (χ0n) is 17.3. The molecule has 0 unspecified atom stereocenters. The van der Waals surface area contributed by atoms with Gasteiger partial charge in [-0.3, -0.25) is 0 Å². The lowest BCUT2D eigenvalue weighted by molar-refractivity contribution is -0.137. The summed E-state index contributed by atoms with van der Waals surface area (Å²) in [6, 6.07) is 5.51. The number of rotatable bonds is 15. The summed E-state index contributed by atoms with van der Waals surface area (Å²) >= 11 is 0. The highest BCUT2D eigenvalue weighted by Gasteiger charge is 2.03. The monoisotopic (exact) mass is 376 g/mol. The minimum absolute atomic E-state index is 0.305. The van der Waals surface area contributed by atoms with Gasteiger partial charge in [0, 0.05) is 6.08 Å². The molecule has 0 amide bonds. The van der Waals surface area contributed by atoms with Gasteiger partial charge in [-0.05, 0) is 30.2 Å². The van der Waals surface area contributed by atoms with Crippen molar-refractivity contribution in [1.29, 1.82) is 0 Å². The molecule has 0 atom stereocenters. The average Bonchev–Trinajstić information content (AvgIpc) is 2.70. The van der Waals surface area contributed by atoms with E-state index in [4.69, 9.17) is 14.2 Å². The van der Waals surface area contributed by atoms with Crippen molar-refractivity contribution in [3.05, 3.63) is 29.8 Å². The van der Waals surface area contributed by atoms with Crippen LogP contribution in [0.2, 0.25) is 0 Å². The molecule has 0 aromatic heterocycles. The highest BCUT2D eigenvalue weighted by Crippen LogP contribution is 2.27. The molecule has 1 aromatic carbocycles. The Bertz CT molecular complexity index is 551. The van der Waals surface area contributed by atoms with Crippen LogP contribution in [0.25, 0.3) is 6.08 Å². The van der Waals surface area contributed by atoms with Crippen molar-refractivity contribution in [2.45, 2.75) is 71.1 Å². The molecule has 0 bridgehead atoms. The Kier molecular flexibility index (Phi) is 12.9. The van der Waals surface area contributed by atoms with Gasteiger partial charge >= 0.3 is 5.97 Å². The van der Waals surface area contributed by atoms with Crippen LogP contribution in [-0.4, -0.2) is 26.8 Å². The smallest absolute Gasteiger partial charge is 0.330 e. The van der Waals surface area contributed by atoms with Crippen LogP contribution in [0.1, 0.15) is 76.7 Å². The second kappa shape index (κ2) is 15.1. The summed E-state index contributed by atoms with van der Waals surface area (Å²) in [5.74, 6) is 0.997. The Morgan fingerprint density at radius 3 is 2.04 bits per heavy atom. The van der Waals surface area contributed by atoms with Gasteiger partial charge in [0.2, 0.25) is 0 Å². The molecule has 1 rings (SSSR count). The lowest BCUT2D eigenvalue weighted by atomic mass is 10.1. The maximum atomic E-state index is 11.8. The summed E-state index contributed by atoms with van der Waals surface area (Å²) in [6.45, 7) is 2.74. The number of ether oxygens (including phenoxy) is 3. The van der Waals surface area contributed by atoms with Gasteiger partial charge < -0.3 is 14.2 Å². The highest BCUT2D eigenvalue weighted by atomic mass is 16.5. The fourth-order valence-corrected chi connectivity index (χ4v) is 2.93. The summed E-state index contributed by atoms with van der Waals surface area (Å²) in [4.78, 5) is 11.8. The van der Waals surface area contributed by atoms with Crippen LogP contribution in [0.4, 0.5) is 0 Å². The molecule has 0 radical (unpaired) electrons. The van der Waals surface area contributed by atoms with E-state index in [0.717, 1.165) is 18.4 Å². The maximum absolute atomic E-state index is 11.8. The second-order valence-electron chi connectivity index (χ2n) is 6.80. The molecule has 152 valence electrons. The van der Waals surface area contributed by atoms with Crippen molar-refractivity contribution in [2.24, 2.45) is 0 Å². The van der Waals surface area contributed by atoms with Crippen LogP contribution in [0, 0.1) is 0 Å². The summed E-state index contributed by atoms with van der Waals surface area (Å²) in [5.41, 5.74) is 0.864. The van der Waals surface area contributed by atoms with Crippen molar-refractivity contribution < 1.29 is 19.0 Å². The third-order valence-electron chi connectivity index (χ3n) is 4.56. The lowest BCUT2D eigenvalue weighted by Crippen LogP contribution is -2.02. The molecule has 0 fully saturated rings. The van der Waals surface area contributed by atoms with Gasteiger partial charge in [-0.25, -0.2) is 4.79 Å². The third-order valence-corrected chi connectivity index (χ3v) is 4.56. The topological polar surface area (TPSA) is 44.8 Å². The Balaban J connectivity index is 2.11. The van der Waals surface area contributed by atoms with Gasteiger partial charge in [-0.2, -0.15) is 0 Å². The van der Waals surface area contributed by atoms with Crippen LogP contribution >= 0.6 is 0 Å². The molecule has 0 aliphatic carbocycles. The first-order valence-electron chi connectivity index (χ1n) is 10.3. The van der Waals surface area contributed by atoms with Crippen molar-refractivity contribution in [3.8, 4) is 11.5 Å². The molecule has 4 nitrogen and oxygen atoms in total. The van der Waals surface area contributed by atoms with E-state index in [1.54, 1.807) is 20.3 Å². The van der Waals surface area contributed by atoms with E-state index in [1.165, 1.54) is 57.4 Å². The fraction of sp³-hybridized carbons (Fsp3) is 0.609. The molecule has 0 saturated carbocycles. The van der Waals surface area contributed by atoms with Crippen LogP contribution in [0.3, 0.4) is 0 Å². The predicted molar refractivity (Wildman–Crippen MR) is 111 cm³/mol. The largest absolute Gasteiger partial charge is 0.493 e. The summed E-state index contributed by atoms with van der Waals surface area (Å²) in [7, 11) is 3.18. The number of unbranched alkanes of at least 4 members (excludes halogenated alkanes) is 9. The van der Waals surface area contributed by atoms with E-state index < -0.39 is 0 Å². The molecule has 4 heteroatoms. The van der Waals surface area contributed by atoms with Gasteiger partial charge in [-0.15, -0.1) is 0 Å². The molecule has 0 aliphatic heterocycles. The Labute approximate surface area is 164 Å². The normalized spacial score (nSPS) is 10.9. The average molecular weight is 377 g/mol. The SMILES string of the molecule is CCCCCCCCCCCCOC(=O)/C=C/c1ccc(OC)c(OC)c1. The van der Waals surface area contributed by atoms with E-state index in [2.05, 4.69) is 6.92 Å². The number of methoxy groups -OCH3 is 2. The van der Waals surface area contributed by atoms with Crippen LogP contribution < -0.4 is 9.47 Å². The van der Waals surface area contributed by atoms with Crippen molar-refractivity contribution in [2.75, 3.05) is 20.8 Å². The molecule has 0 heterocycles. The first-order chi connectivity index (χ1) is 13.2. The zero-order chi connectivity index (χ0) is 19.7. The number of hydrogen-bond acceptors (Lipinski definition) is 4. The number of esters is 1. The predicted octanol–water partition coefficient (Wildman–Crippen LogP) is 6.18. The zero-order valence-corrected chi connectivity index (χ0v) is 17.3. The summed E-state index contributed by atoms with van der Waals surface area (Å²) < 4.78 is 15.7. The Morgan fingerprint density at radius 1 is 0.852 bits per heavy atom. The van der Waals surface area contributed by atoms with Crippen LogP contribution in [0.5, 0.6) is 11.5 Å². The van der Waals surface area contributed by atoms with Crippen molar-refractivity contribution >= 4 is 12.0 Å². The van der Waals surface area contributed by atoms with Gasteiger partial charge in [0.15, 0.2) is 11.5 Å². The summed E-state index contributed by atoms with van der Waals surface area (Å²) in [5, 5.41) is 0. The number of carbonyl (C=O) groups is 1. The van der Waals surface area contributed by atoms with E-state index in [1.807, 2.05) is 18.2 Å². The number of hydrogen-bond donors (Lipinski definition) is 0. The van der Waals surface area contributed by atoms with Gasteiger partial charge in [0.25, 0.3) is 0 Å². The van der Waals surface area contributed by atoms with E-state index in [0.29, 0.717) is 18.1 Å². The van der Waals surface area contributed by atoms with E-state index in [-0.39, 0.29) is 5.97 Å². The molecule has 27 heavy (non-hydrogen) atoms. The highest BCUT2D eigenvalue weighted by molar-refractivity contribution is 5.87. The first-order valence-corrected chi connectivity index (χ1v) is 10.3. The Morgan fingerprint density at radius 2 is 1.44 bits per heavy atom. The van der Waals surface area contributed by atoms with E-state index in [9.17, 15) is 4.79 Å². The third kappa shape index (κ3) is 10.7. The lowest BCUT2D eigenvalue weighted by Gasteiger charge is -2.07. The molecule has 0 aliphatic rings. The first kappa shape index (κ1) is 23.1. The molecule has 0 spiro atoms. The molecule has 1 aromatic rings. The van der Waals surface area contributed by atoms with Crippen LogP contribution in [-0.2, 0) is 9.53 Å². The Hall–Kier alpha value is -1.97. The minimum Gasteiger partial charge on any atom is -0.493 e. The number of benzene rings is 1. The van der Waals surface area contributed by atoms with Gasteiger partial charge in [0.1, 0.15) is 0 Å². The van der Waals surface area contributed by atoms with E-state index >= 15 is 0 Å². The van der Waals surface area contributed by atoms with Crippen molar-refractivity contribution in [3.63, 3.8) is 0 Å². The van der Waals surface area contributed by atoms with Gasteiger partial charge in [0.05, 0.1) is 20.8 Å². The minimum atomic E-state index is -0.305. The van der Waals surface area contributed by atoms with Gasteiger partial charge in [-0.1, -0.05) is 70.8 Å². The van der Waals surface area contributed by atoms with Crippen LogP contribution in [0.15, 0.2) is 24.3 Å². The molecule has 0 N–H and O–H groups in total. The fourth-order valence-electron chi connectivity index (χ4n) is 2.93.